The molecule has 0 saturated carbocycles. The van der Waals surface area contributed by atoms with Gasteiger partial charge < -0.3 is 5.11 Å². The largest absolute Gasteiger partial charge is 0.507 e. The summed E-state index contributed by atoms with van der Waals surface area (Å²) in [5, 5.41) is 13.7. The number of aromatic hydroxyl groups is 1. The summed E-state index contributed by atoms with van der Waals surface area (Å²) in [7, 11) is 0. The predicted molar refractivity (Wildman–Crippen MR) is 83.1 cm³/mol. The van der Waals surface area contributed by atoms with E-state index in [2.05, 4.69) is 10.5 Å². The van der Waals surface area contributed by atoms with Gasteiger partial charge in [0.1, 0.15) is 17.4 Å². The summed E-state index contributed by atoms with van der Waals surface area (Å²) in [5.41, 5.74) is 3.59. The average Bonchev–Trinajstić information content (AvgIpc) is 2.53. The summed E-state index contributed by atoms with van der Waals surface area (Å²) in [4.78, 5) is 11.9. The first-order chi connectivity index (χ1) is 11.0. The lowest BCUT2D eigenvalue weighted by Crippen LogP contribution is -2.21. The Labute approximate surface area is 132 Å². The van der Waals surface area contributed by atoms with Crippen LogP contribution >= 0.6 is 0 Å². The number of benzene rings is 2. The van der Waals surface area contributed by atoms with Crippen molar-refractivity contribution in [1.29, 1.82) is 0 Å². The quantitative estimate of drug-likeness (QED) is 0.657. The number of halogens is 2. The van der Waals surface area contributed by atoms with Gasteiger partial charge >= 0.3 is 0 Å². The van der Waals surface area contributed by atoms with E-state index in [1.54, 1.807) is 6.92 Å². The molecule has 120 valence electrons. The van der Waals surface area contributed by atoms with Gasteiger partial charge in [-0.1, -0.05) is 19.1 Å². The SMILES string of the molecule is CC/C(=N\NC(=O)Cc1ccc(F)cc1)c1cc(F)ccc1O. The number of amides is 1. The summed E-state index contributed by atoms with van der Waals surface area (Å²) in [6.07, 6.45) is 0.434. The number of hydrogen-bond acceptors (Lipinski definition) is 3. The number of carbonyl (C=O) groups excluding carboxylic acids is 1. The Kier molecular flexibility index (Phi) is 5.41. The highest BCUT2D eigenvalue weighted by Crippen LogP contribution is 2.19. The maximum Gasteiger partial charge on any atom is 0.244 e. The molecule has 0 atom stereocenters. The van der Waals surface area contributed by atoms with Crippen LogP contribution in [0, 0.1) is 11.6 Å². The van der Waals surface area contributed by atoms with Gasteiger partial charge in [0.25, 0.3) is 0 Å². The van der Waals surface area contributed by atoms with Crippen molar-refractivity contribution in [3.8, 4) is 5.75 Å². The van der Waals surface area contributed by atoms with Crippen molar-refractivity contribution < 1.29 is 18.7 Å². The zero-order valence-electron chi connectivity index (χ0n) is 12.5. The van der Waals surface area contributed by atoms with Crippen LogP contribution < -0.4 is 5.43 Å². The molecule has 0 fully saturated rings. The van der Waals surface area contributed by atoms with Crippen LogP contribution in [-0.4, -0.2) is 16.7 Å². The van der Waals surface area contributed by atoms with Crippen molar-refractivity contribution in [3.63, 3.8) is 0 Å². The lowest BCUT2D eigenvalue weighted by Gasteiger charge is -2.07. The lowest BCUT2D eigenvalue weighted by atomic mass is 10.1. The van der Waals surface area contributed by atoms with Crippen LogP contribution in [0.15, 0.2) is 47.6 Å². The molecular weight excluding hydrogens is 302 g/mol. The summed E-state index contributed by atoms with van der Waals surface area (Å²) >= 11 is 0. The van der Waals surface area contributed by atoms with Crippen LogP contribution in [-0.2, 0) is 11.2 Å². The highest BCUT2D eigenvalue weighted by molar-refractivity contribution is 6.03. The van der Waals surface area contributed by atoms with E-state index >= 15 is 0 Å². The van der Waals surface area contributed by atoms with Crippen LogP contribution in [0.5, 0.6) is 5.75 Å². The Hall–Kier alpha value is -2.76. The zero-order chi connectivity index (χ0) is 16.8. The van der Waals surface area contributed by atoms with Gasteiger partial charge in [0.2, 0.25) is 5.91 Å². The van der Waals surface area contributed by atoms with E-state index < -0.39 is 11.7 Å². The number of rotatable bonds is 5. The molecule has 0 saturated heterocycles. The molecule has 0 aliphatic heterocycles. The Morgan fingerprint density at radius 2 is 1.78 bits per heavy atom. The molecule has 2 aromatic carbocycles. The third-order valence-corrected chi connectivity index (χ3v) is 3.20. The van der Waals surface area contributed by atoms with Gasteiger partial charge in [0, 0.05) is 5.56 Å². The Morgan fingerprint density at radius 3 is 2.43 bits per heavy atom. The van der Waals surface area contributed by atoms with Gasteiger partial charge in [-0.25, -0.2) is 14.2 Å². The van der Waals surface area contributed by atoms with Crippen LogP contribution in [0.25, 0.3) is 0 Å². The molecule has 0 spiro atoms. The fourth-order valence-corrected chi connectivity index (χ4v) is 2.03. The van der Waals surface area contributed by atoms with Crippen LogP contribution in [0.3, 0.4) is 0 Å². The molecule has 23 heavy (non-hydrogen) atoms. The topological polar surface area (TPSA) is 61.7 Å². The normalized spacial score (nSPS) is 11.3. The van der Waals surface area contributed by atoms with E-state index in [0.29, 0.717) is 17.7 Å². The van der Waals surface area contributed by atoms with Crippen molar-refractivity contribution >= 4 is 11.6 Å². The Bertz CT molecular complexity index is 728. The third kappa shape index (κ3) is 4.60. The van der Waals surface area contributed by atoms with Gasteiger partial charge in [-0.2, -0.15) is 5.10 Å². The third-order valence-electron chi connectivity index (χ3n) is 3.20. The monoisotopic (exact) mass is 318 g/mol. The molecule has 0 bridgehead atoms. The fourth-order valence-electron chi connectivity index (χ4n) is 2.03. The number of phenolic OH excluding ortho intramolecular Hbond substituents is 1. The molecular formula is C17H16F2N2O2. The molecule has 2 aromatic rings. The molecule has 6 heteroatoms. The van der Waals surface area contributed by atoms with E-state index in [0.717, 1.165) is 12.1 Å². The molecule has 0 radical (unpaired) electrons. The van der Waals surface area contributed by atoms with Gasteiger partial charge in [0.05, 0.1) is 12.1 Å². The minimum atomic E-state index is -0.503. The average molecular weight is 318 g/mol. The minimum Gasteiger partial charge on any atom is -0.507 e. The predicted octanol–water partition coefficient (Wildman–Crippen LogP) is 3.14. The number of carbonyl (C=O) groups is 1. The summed E-state index contributed by atoms with van der Waals surface area (Å²) in [5.74, 6) is -1.38. The highest BCUT2D eigenvalue weighted by Gasteiger charge is 2.10. The van der Waals surface area contributed by atoms with E-state index in [-0.39, 0.29) is 23.6 Å². The second-order valence-electron chi connectivity index (χ2n) is 4.91. The van der Waals surface area contributed by atoms with E-state index in [1.807, 2.05) is 0 Å². The van der Waals surface area contributed by atoms with Crippen molar-refractivity contribution in [2.24, 2.45) is 5.10 Å². The van der Waals surface area contributed by atoms with Crippen LogP contribution in [0.4, 0.5) is 8.78 Å². The molecule has 1 amide bonds. The van der Waals surface area contributed by atoms with Gasteiger partial charge in [-0.15, -0.1) is 0 Å². The van der Waals surface area contributed by atoms with E-state index in [9.17, 15) is 18.7 Å². The van der Waals surface area contributed by atoms with E-state index in [4.69, 9.17) is 0 Å². The Morgan fingerprint density at radius 1 is 1.13 bits per heavy atom. The molecule has 0 aliphatic carbocycles. The van der Waals surface area contributed by atoms with Crippen molar-refractivity contribution in [2.45, 2.75) is 19.8 Å². The van der Waals surface area contributed by atoms with E-state index in [1.165, 1.54) is 30.3 Å². The summed E-state index contributed by atoms with van der Waals surface area (Å²) in [6, 6.07) is 9.09. The number of hydrogen-bond donors (Lipinski definition) is 2. The first-order valence-electron chi connectivity index (χ1n) is 7.08. The molecule has 0 heterocycles. The van der Waals surface area contributed by atoms with Crippen molar-refractivity contribution in [1.82, 2.24) is 5.43 Å². The molecule has 2 rings (SSSR count). The number of nitrogens with one attached hydrogen (secondary N) is 1. The molecule has 0 aliphatic rings. The second-order valence-corrected chi connectivity index (χ2v) is 4.91. The van der Waals surface area contributed by atoms with Gasteiger partial charge in [0.15, 0.2) is 0 Å². The van der Waals surface area contributed by atoms with Gasteiger partial charge in [-0.3, -0.25) is 4.79 Å². The summed E-state index contributed by atoms with van der Waals surface area (Å²) < 4.78 is 26.1. The smallest absolute Gasteiger partial charge is 0.244 e. The van der Waals surface area contributed by atoms with Crippen LogP contribution in [0.2, 0.25) is 0 Å². The molecule has 4 nitrogen and oxygen atoms in total. The summed E-state index contributed by atoms with van der Waals surface area (Å²) in [6.45, 7) is 1.77. The number of nitrogens with zero attached hydrogens (tertiary/aromatic N) is 1. The van der Waals surface area contributed by atoms with Crippen molar-refractivity contribution in [3.05, 3.63) is 65.2 Å². The number of phenols is 1. The molecule has 0 unspecified atom stereocenters. The maximum absolute atomic E-state index is 13.3. The fraction of sp³-hybridized carbons (Fsp3) is 0.176. The minimum absolute atomic E-state index is 0.0376. The van der Waals surface area contributed by atoms with Gasteiger partial charge in [-0.05, 0) is 42.3 Å². The van der Waals surface area contributed by atoms with Crippen molar-refractivity contribution in [2.75, 3.05) is 0 Å². The Balaban J connectivity index is 2.08. The first-order valence-corrected chi connectivity index (χ1v) is 7.08. The number of hydrazone groups is 1. The maximum atomic E-state index is 13.3. The second kappa shape index (κ2) is 7.49. The highest BCUT2D eigenvalue weighted by atomic mass is 19.1. The first kappa shape index (κ1) is 16.6. The van der Waals surface area contributed by atoms with Crippen LogP contribution in [0.1, 0.15) is 24.5 Å². The standard InChI is InChI=1S/C17H16F2N2O2/c1-2-15(14-10-13(19)7-8-16(14)22)20-21-17(23)9-11-3-5-12(18)6-4-11/h3-8,10,22H,2,9H2,1H3,(H,21,23)/b20-15+. The molecule has 0 aromatic heterocycles. The zero-order valence-corrected chi connectivity index (χ0v) is 12.5. The lowest BCUT2D eigenvalue weighted by molar-refractivity contribution is -0.120. The molecule has 2 N–H and O–H groups in total.